The van der Waals surface area contributed by atoms with Gasteiger partial charge in [-0.2, -0.15) is 0 Å². The van der Waals surface area contributed by atoms with Gasteiger partial charge in [0.25, 0.3) is 0 Å². The molecule has 3 rings (SSSR count). The van der Waals surface area contributed by atoms with Crippen molar-refractivity contribution in [2.75, 3.05) is 42.9 Å². The van der Waals surface area contributed by atoms with Gasteiger partial charge in [0.05, 0.1) is 11.8 Å². The van der Waals surface area contributed by atoms with Gasteiger partial charge in [-0.25, -0.2) is 4.98 Å². The van der Waals surface area contributed by atoms with E-state index in [1.165, 1.54) is 18.4 Å². The number of hydrogen-bond acceptors (Lipinski definition) is 5. The standard InChI is InChI=1S/C20H32N4O/c1-16(2)5-11-23-12-6-17(7-13-23)22-19-4-3-10-21-20(19)24-14-8-18(25)9-15-24/h3-5,10,17-18,22,25H,6-9,11-15H2,1-2H3. The van der Waals surface area contributed by atoms with E-state index >= 15 is 0 Å². The van der Waals surface area contributed by atoms with Crippen molar-refractivity contribution in [2.24, 2.45) is 0 Å². The number of aliphatic hydroxyl groups excluding tert-OH is 1. The summed E-state index contributed by atoms with van der Waals surface area (Å²) in [5, 5.41) is 13.5. The van der Waals surface area contributed by atoms with Crippen molar-refractivity contribution < 1.29 is 5.11 Å². The lowest BCUT2D eigenvalue weighted by atomic mass is 10.0. The van der Waals surface area contributed by atoms with Gasteiger partial charge in [-0.15, -0.1) is 0 Å². The van der Waals surface area contributed by atoms with E-state index in [0.29, 0.717) is 6.04 Å². The number of nitrogens with one attached hydrogen (secondary N) is 1. The molecule has 1 aromatic rings. The Labute approximate surface area is 151 Å². The fourth-order valence-electron chi connectivity index (χ4n) is 3.63. The van der Waals surface area contributed by atoms with Crippen LogP contribution >= 0.6 is 0 Å². The van der Waals surface area contributed by atoms with E-state index in [1.54, 1.807) is 0 Å². The number of aliphatic hydroxyl groups is 1. The van der Waals surface area contributed by atoms with Gasteiger partial charge >= 0.3 is 0 Å². The minimum absolute atomic E-state index is 0.151. The summed E-state index contributed by atoms with van der Waals surface area (Å²) in [6, 6.07) is 4.67. The second-order valence-electron chi connectivity index (χ2n) is 7.59. The van der Waals surface area contributed by atoms with Crippen LogP contribution in [0.5, 0.6) is 0 Å². The van der Waals surface area contributed by atoms with E-state index in [1.807, 2.05) is 12.3 Å². The van der Waals surface area contributed by atoms with Gasteiger partial charge in [0, 0.05) is 45.0 Å². The maximum atomic E-state index is 9.74. The number of anilines is 2. The molecule has 2 fully saturated rings. The SMILES string of the molecule is CC(C)=CCN1CCC(Nc2cccnc2N2CCC(O)CC2)CC1. The largest absolute Gasteiger partial charge is 0.393 e. The Morgan fingerprint density at radius 3 is 2.60 bits per heavy atom. The normalized spacial score (nSPS) is 20.5. The first-order valence-electron chi connectivity index (χ1n) is 9.62. The highest BCUT2D eigenvalue weighted by atomic mass is 16.3. The minimum atomic E-state index is -0.151. The van der Waals surface area contributed by atoms with Crippen molar-refractivity contribution in [3.8, 4) is 0 Å². The molecule has 1 aromatic heterocycles. The Bertz CT molecular complexity index is 569. The molecule has 0 bridgehead atoms. The van der Waals surface area contributed by atoms with Crippen LogP contribution in [0.3, 0.4) is 0 Å². The number of rotatable bonds is 5. The van der Waals surface area contributed by atoms with Gasteiger partial charge in [-0.3, -0.25) is 4.90 Å². The van der Waals surface area contributed by atoms with Gasteiger partial charge in [0.15, 0.2) is 5.82 Å². The number of likely N-dealkylation sites (tertiary alicyclic amines) is 1. The smallest absolute Gasteiger partial charge is 0.151 e. The van der Waals surface area contributed by atoms with Crippen molar-refractivity contribution in [3.63, 3.8) is 0 Å². The molecule has 0 spiro atoms. The van der Waals surface area contributed by atoms with Crippen molar-refractivity contribution in [1.82, 2.24) is 9.88 Å². The molecule has 0 aromatic carbocycles. The Hall–Kier alpha value is -1.59. The molecule has 138 valence electrons. The minimum Gasteiger partial charge on any atom is -0.393 e. The second-order valence-corrected chi connectivity index (χ2v) is 7.59. The molecule has 0 saturated carbocycles. The first kappa shape index (κ1) is 18.2. The molecule has 3 heterocycles. The Kier molecular flexibility index (Phi) is 6.32. The third-order valence-electron chi connectivity index (χ3n) is 5.26. The molecule has 2 aliphatic heterocycles. The highest BCUT2D eigenvalue weighted by Gasteiger charge is 2.23. The van der Waals surface area contributed by atoms with E-state index < -0.39 is 0 Å². The molecule has 2 aliphatic rings. The molecule has 0 unspecified atom stereocenters. The number of hydrogen-bond donors (Lipinski definition) is 2. The van der Waals surface area contributed by atoms with Crippen LogP contribution in [0.2, 0.25) is 0 Å². The summed E-state index contributed by atoms with van der Waals surface area (Å²) in [6.45, 7) is 9.46. The molecule has 0 radical (unpaired) electrons. The van der Waals surface area contributed by atoms with E-state index in [-0.39, 0.29) is 6.10 Å². The number of piperidine rings is 2. The molecule has 5 heteroatoms. The summed E-state index contributed by atoms with van der Waals surface area (Å²) in [6.07, 6.45) is 8.04. The molecule has 2 N–H and O–H groups in total. The predicted molar refractivity (Wildman–Crippen MR) is 104 cm³/mol. The van der Waals surface area contributed by atoms with E-state index in [4.69, 9.17) is 0 Å². The summed E-state index contributed by atoms with van der Waals surface area (Å²) in [5.74, 6) is 1.04. The van der Waals surface area contributed by atoms with Crippen molar-refractivity contribution >= 4 is 11.5 Å². The maximum absolute atomic E-state index is 9.74. The first-order chi connectivity index (χ1) is 12.1. The topological polar surface area (TPSA) is 51.6 Å². The molecule has 5 nitrogen and oxygen atoms in total. The van der Waals surface area contributed by atoms with Crippen molar-refractivity contribution in [2.45, 2.75) is 51.7 Å². The Balaban J connectivity index is 1.56. The van der Waals surface area contributed by atoms with Crippen molar-refractivity contribution in [1.29, 1.82) is 0 Å². The highest BCUT2D eigenvalue weighted by Crippen LogP contribution is 2.28. The predicted octanol–water partition coefficient (Wildman–Crippen LogP) is 2.89. The molecule has 2 saturated heterocycles. The number of nitrogens with zero attached hydrogens (tertiary/aromatic N) is 3. The van der Waals surface area contributed by atoms with Gasteiger partial charge in [0.1, 0.15) is 0 Å². The Morgan fingerprint density at radius 2 is 1.92 bits per heavy atom. The van der Waals surface area contributed by atoms with Crippen LogP contribution in [-0.4, -0.2) is 59.9 Å². The first-order valence-corrected chi connectivity index (χ1v) is 9.62. The zero-order chi connectivity index (χ0) is 17.6. The summed E-state index contributed by atoms with van der Waals surface area (Å²) >= 11 is 0. The van der Waals surface area contributed by atoms with E-state index in [0.717, 1.165) is 57.1 Å². The number of pyridine rings is 1. The van der Waals surface area contributed by atoms with Gasteiger partial charge in [-0.05, 0) is 51.7 Å². The summed E-state index contributed by atoms with van der Waals surface area (Å²) < 4.78 is 0. The van der Waals surface area contributed by atoms with Gasteiger partial charge in [-0.1, -0.05) is 11.6 Å². The summed E-state index contributed by atoms with van der Waals surface area (Å²) in [5.41, 5.74) is 2.54. The molecular weight excluding hydrogens is 312 g/mol. The van der Waals surface area contributed by atoms with Gasteiger partial charge in [0.2, 0.25) is 0 Å². The van der Waals surface area contributed by atoms with Crippen LogP contribution in [0.1, 0.15) is 39.5 Å². The summed E-state index contributed by atoms with van der Waals surface area (Å²) in [4.78, 5) is 9.45. The molecule has 25 heavy (non-hydrogen) atoms. The highest BCUT2D eigenvalue weighted by molar-refractivity contribution is 5.66. The van der Waals surface area contributed by atoms with E-state index in [2.05, 4.69) is 46.1 Å². The van der Waals surface area contributed by atoms with E-state index in [9.17, 15) is 5.11 Å². The molecule has 0 amide bonds. The molecule has 0 aliphatic carbocycles. The lowest BCUT2D eigenvalue weighted by molar-refractivity contribution is 0.145. The van der Waals surface area contributed by atoms with Crippen LogP contribution in [0.15, 0.2) is 30.0 Å². The Morgan fingerprint density at radius 1 is 1.20 bits per heavy atom. The number of aromatic nitrogens is 1. The van der Waals surface area contributed by atoms with Crippen LogP contribution in [-0.2, 0) is 0 Å². The third kappa shape index (κ3) is 5.19. The fraction of sp³-hybridized carbons (Fsp3) is 0.650. The monoisotopic (exact) mass is 344 g/mol. The fourth-order valence-corrected chi connectivity index (χ4v) is 3.63. The quantitative estimate of drug-likeness (QED) is 0.805. The maximum Gasteiger partial charge on any atom is 0.151 e. The average Bonchev–Trinajstić information content (AvgIpc) is 2.62. The second kappa shape index (κ2) is 8.68. The molecule has 0 atom stereocenters. The molecular formula is C20H32N4O. The van der Waals surface area contributed by atoms with Crippen LogP contribution in [0.25, 0.3) is 0 Å². The third-order valence-corrected chi connectivity index (χ3v) is 5.26. The van der Waals surface area contributed by atoms with Crippen LogP contribution in [0, 0.1) is 0 Å². The number of allylic oxidation sites excluding steroid dienone is 1. The average molecular weight is 345 g/mol. The zero-order valence-corrected chi connectivity index (χ0v) is 15.6. The van der Waals surface area contributed by atoms with Crippen LogP contribution in [0.4, 0.5) is 11.5 Å². The lowest BCUT2D eigenvalue weighted by Gasteiger charge is -2.35. The summed E-state index contributed by atoms with van der Waals surface area (Å²) in [7, 11) is 0. The van der Waals surface area contributed by atoms with Crippen molar-refractivity contribution in [3.05, 3.63) is 30.0 Å². The zero-order valence-electron chi connectivity index (χ0n) is 15.6. The van der Waals surface area contributed by atoms with Crippen LogP contribution < -0.4 is 10.2 Å². The van der Waals surface area contributed by atoms with Gasteiger partial charge < -0.3 is 15.3 Å². The lowest BCUT2D eigenvalue weighted by Crippen LogP contribution is -2.40.